The minimum atomic E-state index is -0.244. The number of para-hydroxylation sites is 1. The number of nitrogens with zero attached hydrogens (tertiary/aromatic N) is 1. The fourth-order valence-corrected chi connectivity index (χ4v) is 3.56. The van der Waals surface area contributed by atoms with Gasteiger partial charge in [-0.15, -0.1) is 0 Å². The van der Waals surface area contributed by atoms with Gasteiger partial charge in [-0.2, -0.15) is 0 Å². The Balaban J connectivity index is 1.82. The highest BCUT2D eigenvalue weighted by Crippen LogP contribution is 2.25. The third-order valence-electron chi connectivity index (χ3n) is 4.98. The summed E-state index contributed by atoms with van der Waals surface area (Å²) in [7, 11) is 3.28. The summed E-state index contributed by atoms with van der Waals surface area (Å²) in [6.07, 6.45) is 3.61. The standard InChI is InChI=1S/C22H28N2O3/c1-26-16-20(17-9-8-10-18(15-17)27-2)23-22(25)19-11-4-5-12-21(19)24-13-6-3-7-14-24/h4-5,8-12,15,20H,3,6-7,13-14,16H2,1-2H3,(H,23,25). The van der Waals surface area contributed by atoms with Crippen molar-refractivity contribution < 1.29 is 14.3 Å². The molecule has 1 saturated heterocycles. The number of benzene rings is 2. The lowest BCUT2D eigenvalue weighted by molar-refractivity contribution is 0.0897. The Labute approximate surface area is 161 Å². The quantitative estimate of drug-likeness (QED) is 0.808. The number of piperidine rings is 1. The molecule has 0 bridgehead atoms. The first-order valence-corrected chi connectivity index (χ1v) is 9.50. The zero-order chi connectivity index (χ0) is 19.1. The van der Waals surface area contributed by atoms with E-state index in [1.807, 2.05) is 48.5 Å². The molecule has 1 fully saturated rings. The number of hydrogen-bond donors (Lipinski definition) is 1. The molecule has 1 N–H and O–H groups in total. The maximum atomic E-state index is 13.1. The summed E-state index contributed by atoms with van der Waals surface area (Å²) in [6, 6.07) is 15.3. The lowest BCUT2D eigenvalue weighted by Gasteiger charge is -2.30. The van der Waals surface area contributed by atoms with E-state index in [1.54, 1.807) is 14.2 Å². The molecule has 2 aromatic carbocycles. The molecule has 2 aromatic rings. The first-order chi connectivity index (χ1) is 13.2. The Morgan fingerprint density at radius 2 is 1.85 bits per heavy atom. The molecule has 0 saturated carbocycles. The van der Waals surface area contributed by atoms with Gasteiger partial charge in [0.1, 0.15) is 5.75 Å². The number of anilines is 1. The van der Waals surface area contributed by atoms with Crippen LogP contribution in [0, 0.1) is 0 Å². The molecule has 1 unspecified atom stereocenters. The number of nitrogens with one attached hydrogen (secondary N) is 1. The van der Waals surface area contributed by atoms with Crippen LogP contribution in [0.15, 0.2) is 48.5 Å². The Morgan fingerprint density at radius 1 is 1.07 bits per heavy atom. The van der Waals surface area contributed by atoms with E-state index in [1.165, 1.54) is 19.3 Å². The van der Waals surface area contributed by atoms with Crippen molar-refractivity contribution in [2.75, 3.05) is 38.8 Å². The Hall–Kier alpha value is -2.53. The van der Waals surface area contributed by atoms with Crippen molar-refractivity contribution in [3.05, 3.63) is 59.7 Å². The molecule has 0 aromatic heterocycles. The van der Waals surface area contributed by atoms with Crippen LogP contribution in [0.3, 0.4) is 0 Å². The van der Waals surface area contributed by atoms with Crippen LogP contribution in [-0.2, 0) is 4.74 Å². The van der Waals surface area contributed by atoms with Gasteiger partial charge in [-0.05, 0) is 49.1 Å². The molecule has 5 nitrogen and oxygen atoms in total. The number of amides is 1. The largest absolute Gasteiger partial charge is 0.497 e. The second-order valence-electron chi connectivity index (χ2n) is 6.82. The zero-order valence-electron chi connectivity index (χ0n) is 16.1. The highest BCUT2D eigenvalue weighted by atomic mass is 16.5. The molecule has 0 spiro atoms. The van der Waals surface area contributed by atoms with E-state index in [0.717, 1.165) is 30.1 Å². The lowest BCUT2D eigenvalue weighted by atomic mass is 10.0. The van der Waals surface area contributed by atoms with Gasteiger partial charge in [0.25, 0.3) is 5.91 Å². The van der Waals surface area contributed by atoms with Crippen LogP contribution in [0.5, 0.6) is 5.75 Å². The minimum absolute atomic E-state index is 0.0824. The zero-order valence-corrected chi connectivity index (χ0v) is 16.1. The van der Waals surface area contributed by atoms with Crippen molar-refractivity contribution in [2.45, 2.75) is 25.3 Å². The van der Waals surface area contributed by atoms with Crippen LogP contribution in [0.4, 0.5) is 5.69 Å². The van der Waals surface area contributed by atoms with Crippen molar-refractivity contribution in [2.24, 2.45) is 0 Å². The van der Waals surface area contributed by atoms with Gasteiger partial charge in [0.2, 0.25) is 0 Å². The second kappa shape index (κ2) is 9.42. The summed E-state index contributed by atoms with van der Waals surface area (Å²) in [5.41, 5.74) is 2.68. The van der Waals surface area contributed by atoms with Crippen LogP contribution in [0.1, 0.15) is 41.2 Å². The molecule has 1 amide bonds. The fraction of sp³-hybridized carbons (Fsp3) is 0.409. The monoisotopic (exact) mass is 368 g/mol. The molecule has 0 radical (unpaired) electrons. The Kier molecular flexibility index (Phi) is 6.71. The van der Waals surface area contributed by atoms with Gasteiger partial charge in [-0.3, -0.25) is 4.79 Å². The number of carbonyl (C=O) groups excluding carboxylic acids is 1. The average molecular weight is 368 g/mol. The third-order valence-corrected chi connectivity index (χ3v) is 4.98. The predicted octanol–water partition coefficient (Wildman–Crippen LogP) is 3.80. The average Bonchev–Trinajstić information content (AvgIpc) is 2.74. The summed E-state index contributed by atoms with van der Waals surface area (Å²) in [4.78, 5) is 15.4. The van der Waals surface area contributed by atoms with E-state index in [-0.39, 0.29) is 11.9 Å². The maximum Gasteiger partial charge on any atom is 0.253 e. The van der Waals surface area contributed by atoms with Crippen molar-refractivity contribution >= 4 is 11.6 Å². The van der Waals surface area contributed by atoms with E-state index in [0.29, 0.717) is 12.2 Å². The maximum absolute atomic E-state index is 13.1. The first-order valence-electron chi connectivity index (χ1n) is 9.50. The molecular weight excluding hydrogens is 340 g/mol. The second-order valence-corrected chi connectivity index (χ2v) is 6.82. The molecule has 1 atom stereocenters. The summed E-state index contributed by atoms with van der Waals surface area (Å²) in [6.45, 7) is 2.40. The summed E-state index contributed by atoms with van der Waals surface area (Å²) in [5.74, 6) is 0.678. The van der Waals surface area contributed by atoms with Crippen LogP contribution in [0.2, 0.25) is 0 Å². The highest BCUT2D eigenvalue weighted by molar-refractivity contribution is 6.00. The topological polar surface area (TPSA) is 50.8 Å². The van der Waals surface area contributed by atoms with E-state index in [2.05, 4.69) is 10.2 Å². The van der Waals surface area contributed by atoms with Crippen LogP contribution in [0.25, 0.3) is 0 Å². The van der Waals surface area contributed by atoms with E-state index >= 15 is 0 Å². The first kappa shape index (κ1) is 19.2. The normalized spacial score (nSPS) is 15.3. The molecule has 1 aliphatic heterocycles. The Morgan fingerprint density at radius 3 is 2.59 bits per heavy atom. The van der Waals surface area contributed by atoms with E-state index in [9.17, 15) is 4.79 Å². The van der Waals surface area contributed by atoms with Gasteiger partial charge in [0.15, 0.2) is 0 Å². The van der Waals surface area contributed by atoms with Gasteiger partial charge in [-0.25, -0.2) is 0 Å². The molecular formula is C22H28N2O3. The molecule has 3 rings (SSSR count). The SMILES string of the molecule is COCC(NC(=O)c1ccccc1N1CCCCC1)c1cccc(OC)c1. The summed E-state index contributed by atoms with van der Waals surface area (Å²) < 4.78 is 10.7. The number of ether oxygens (including phenoxy) is 2. The highest BCUT2D eigenvalue weighted by Gasteiger charge is 2.21. The lowest BCUT2D eigenvalue weighted by Crippen LogP contribution is -2.35. The molecule has 27 heavy (non-hydrogen) atoms. The molecule has 5 heteroatoms. The molecule has 1 aliphatic rings. The number of hydrogen-bond acceptors (Lipinski definition) is 4. The van der Waals surface area contributed by atoms with Crippen LogP contribution in [-0.4, -0.2) is 39.8 Å². The predicted molar refractivity (Wildman–Crippen MR) is 108 cm³/mol. The van der Waals surface area contributed by atoms with Crippen LogP contribution < -0.4 is 15.0 Å². The number of methoxy groups -OCH3 is 2. The third kappa shape index (κ3) is 4.80. The van der Waals surface area contributed by atoms with E-state index in [4.69, 9.17) is 9.47 Å². The Bertz CT molecular complexity index is 757. The van der Waals surface area contributed by atoms with Gasteiger partial charge >= 0.3 is 0 Å². The van der Waals surface area contributed by atoms with Gasteiger partial charge < -0.3 is 19.7 Å². The number of carbonyl (C=O) groups is 1. The molecule has 144 valence electrons. The van der Waals surface area contributed by atoms with Crippen molar-refractivity contribution in [1.29, 1.82) is 0 Å². The smallest absolute Gasteiger partial charge is 0.253 e. The van der Waals surface area contributed by atoms with Gasteiger partial charge in [-0.1, -0.05) is 24.3 Å². The van der Waals surface area contributed by atoms with E-state index < -0.39 is 0 Å². The molecule has 1 heterocycles. The van der Waals surface area contributed by atoms with Gasteiger partial charge in [0, 0.05) is 25.9 Å². The molecule has 0 aliphatic carbocycles. The fourth-order valence-electron chi connectivity index (χ4n) is 3.56. The minimum Gasteiger partial charge on any atom is -0.497 e. The number of rotatable bonds is 7. The van der Waals surface area contributed by atoms with Crippen molar-refractivity contribution in [3.8, 4) is 5.75 Å². The van der Waals surface area contributed by atoms with Gasteiger partial charge in [0.05, 0.1) is 25.3 Å². The summed E-state index contributed by atoms with van der Waals surface area (Å²) >= 11 is 0. The van der Waals surface area contributed by atoms with Crippen molar-refractivity contribution in [1.82, 2.24) is 5.32 Å². The van der Waals surface area contributed by atoms with Crippen molar-refractivity contribution in [3.63, 3.8) is 0 Å². The summed E-state index contributed by atoms with van der Waals surface area (Å²) in [5, 5.41) is 3.14. The van der Waals surface area contributed by atoms with Crippen LogP contribution >= 0.6 is 0 Å².